The molecule has 0 bridgehead atoms. The van der Waals surface area contributed by atoms with E-state index in [1.807, 2.05) is 4.68 Å². The first kappa shape index (κ1) is 10.6. The van der Waals surface area contributed by atoms with Crippen LogP contribution in [0.5, 0.6) is 0 Å². The summed E-state index contributed by atoms with van der Waals surface area (Å²) in [5.41, 5.74) is 4.27. The van der Waals surface area contributed by atoms with Crippen LogP contribution in [0.25, 0.3) is 0 Å². The second kappa shape index (κ2) is 4.37. The van der Waals surface area contributed by atoms with E-state index in [-0.39, 0.29) is 5.82 Å². The predicted molar refractivity (Wildman–Crippen MR) is 64.2 cm³/mol. The molecule has 0 radical (unpaired) electrons. The Morgan fingerprint density at radius 1 is 1.29 bits per heavy atom. The number of halogens is 1. The molecular formula is C11H11FN4S. The molecule has 0 spiro atoms. The third-order valence-corrected chi connectivity index (χ3v) is 3.51. The van der Waals surface area contributed by atoms with Gasteiger partial charge in [-0.3, -0.25) is 0 Å². The molecule has 1 N–H and O–H groups in total. The fourth-order valence-electron chi connectivity index (χ4n) is 1.75. The molecule has 6 heteroatoms. The van der Waals surface area contributed by atoms with Gasteiger partial charge in [0.15, 0.2) is 5.82 Å². The van der Waals surface area contributed by atoms with Crippen LogP contribution in [0.15, 0.2) is 29.4 Å². The van der Waals surface area contributed by atoms with Gasteiger partial charge in [-0.15, -0.1) is 10.2 Å². The largest absolute Gasteiger partial charge is 0.321 e. The molecular weight excluding hydrogens is 239 g/mol. The molecule has 4 nitrogen and oxygen atoms in total. The molecule has 2 aromatic rings. The number of benzene rings is 1. The van der Waals surface area contributed by atoms with E-state index < -0.39 is 0 Å². The Bertz CT molecular complexity index is 523. The van der Waals surface area contributed by atoms with Gasteiger partial charge in [-0.25, -0.2) is 9.07 Å². The highest BCUT2D eigenvalue weighted by Gasteiger charge is 2.15. The first-order valence-electron chi connectivity index (χ1n) is 5.38. The van der Waals surface area contributed by atoms with Gasteiger partial charge in [0.1, 0.15) is 5.82 Å². The van der Waals surface area contributed by atoms with Crippen LogP contribution in [0, 0.1) is 5.82 Å². The van der Waals surface area contributed by atoms with E-state index in [2.05, 4.69) is 15.6 Å². The van der Waals surface area contributed by atoms with E-state index in [9.17, 15) is 4.39 Å². The molecule has 0 atom stereocenters. The summed E-state index contributed by atoms with van der Waals surface area (Å²) in [5, 5.41) is 9.16. The lowest BCUT2D eigenvalue weighted by molar-refractivity contribution is 0.627. The molecule has 17 heavy (non-hydrogen) atoms. The van der Waals surface area contributed by atoms with Crippen molar-refractivity contribution < 1.29 is 4.39 Å². The minimum Gasteiger partial charge on any atom is -0.321 e. The number of rotatable bonds is 2. The lowest BCUT2D eigenvalue weighted by Crippen LogP contribution is -2.25. The Balaban J connectivity index is 1.85. The summed E-state index contributed by atoms with van der Waals surface area (Å²) in [6.45, 7) is 0.909. The summed E-state index contributed by atoms with van der Waals surface area (Å²) in [6, 6.07) is 6.47. The SMILES string of the molecule is Fc1ccc(Cc2nnc3n2NCCS3)cc1. The van der Waals surface area contributed by atoms with E-state index in [1.165, 1.54) is 12.1 Å². The Kier molecular flexibility index (Phi) is 2.72. The number of fused-ring (bicyclic) bond motifs is 1. The first-order chi connectivity index (χ1) is 8.33. The zero-order chi connectivity index (χ0) is 11.7. The summed E-state index contributed by atoms with van der Waals surface area (Å²) in [7, 11) is 0. The molecule has 1 aliphatic heterocycles. The molecule has 0 saturated heterocycles. The second-order valence-corrected chi connectivity index (χ2v) is 4.86. The maximum absolute atomic E-state index is 12.8. The first-order valence-corrected chi connectivity index (χ1v) is 6.37. The van der Waals surface area contributed by atoms with Crippen LogP contribution in [0.3, 0.4) is 0 Å². The van der Waals surface area contributed by atoms with Crippen molar-refractivity contribution in [3.8, 4) is 0 Å². The Hall–Kier alpha value is -1.56. The van der Waals surface area contributed by atoms with Crippen LogP contribution in [-0.2, 0) is 6.42 Å². The van der Waals surface area contributed by atoms with Gasteiger partial charge in [0.05, 0.1) is 0 Å². The summed E-state index contributed by atoms with van der Waals surface area (Å²) in [6.07, 6.45) is 0.654. The van der Waals surface area contributed by atoms with Crippen molar-refractivity contribution in [2.24, 2.45) is 0 Å². The minimum atomic E-state index is -0.217. The average Bonchev–Trinajstić information content (AvgIpc) is 2.76. The molecule has 0 fully saturated rings. The van der Waals surface area contributed by atoms with Gasteiger partial charge in [0.2, 0.25) is 5.16 Å². The Labute approximate surface area is 102 Å². The number of nitrogens with one attached hydrogen (secondary N) is 1. The van der Waals surface area contributed by atoms with Crippen LogP contribution < -0.4 is 5.43 Å². The number of aromatic nitrogens is 3. The molecule has 0 saturated carbocycles. The van der Waals surface area contributed by atoms with Crippen molar-refractivity contribution in [1.82, 2.24) is 14.9 Å². The van der Waals surface area contributed by atoms with Crippen molar-refractivity contribution in [2.45, 2.75) is 11.6 Å². The highest BCUT2D eigenvalue weighted by atomic mass is 32.2. The Morgan fingerprint density at radius 2 is 2.12 bits per heavy atom. The quantitative estimate of drug-likeness (QED) is 0.880. The zero-order valence-electron chi connectivity index (χ0n) is 9.06. The second-order valence-electron chi connectivity index (χ2n) is 3.79. The van der Waals surface area contributed by atoms with Crippen LogP contribution in [0.1, 0.15) is 11.4 Å². The number of hydrogen-bond acceptors (Lipinski definition) is 4. The molecule has 0 aliphatic carbocycles. The zero-order valence-corrected chi connectivity index (χ0v) is 9.88. The van der Waals surface area contributed by atoms with E-state index >= 15 is 0 Å². The average molecular weight is 250 g/mol. The fourth-order valence-corrected chi connectivity index (χ4v) is 2.53. The van der Waals surface area contributed by atoms with Crippen molar-refractivity contribution >= 4 is 11.8 Å². The molecule has 1 aromatic carbocycles. The van der Waals surface area contributed by atoms with Crippen LogP contribution in [0.4, 0.5) is 4.39 Å². The summed E-state index contributed by atoms with van der Waals surface area (Å²) >= 11 is 1.69. The van der Waals surface area contributed by atoms with E-state index in [0.717, 1.165) is 28.8 Å². The predicted octanol–water partition coefficient (Wildman–Crippen LogP) is 1.66. The van der Waals surface area contributed by atoms with Gasteiger partial charge in [0.25, 0.3) is 0 Å². The van der Waals surface area contributed by atoms with Crippen molar-refractivity contribution in [3.05, 3.63) is 41.5 Å². The van der Waals surface area contributed by atoms with E-state index in [4.69, 9.17) is 0 Å². The third kappa shape index (κ3) is 2.12. The summed E-state index contributed by atoms with van der Waals surface area (Å²) < 4.78 is 14.7. The normalized spacial score (nSPS) is 14.2. The summed E-state index contributed by atoms with van der Waals surface area (Å²) in [4.78, 5) is 0. The van der Waals surface area contributed by atoms with Crippen molar-refractivity contribution in [3.63, 3.8) is 0 Å². The lowest BCUT2D eigenvalue weighted by atomic mass is 10.1. The molecule has 0 unspecified atom stereocenters. The number of hydrogen-bond donors (Lipinski definition) is 1. The van der Waals surface area contributed by atoms with Gasteiger partial charge >= 0.3 is 0 Å². The maximum Gasteiger partial charge on any atom is 0.210 e. The van der Waals surface area contributed by atoms with Gasteiger partial charge in [-0.05, 0) is 17.7 Å². The third-order valence-electron chi connectivity index (χ3n) is 2.58. The van der Waals surface area contributed by atoms with Gasteiger partial charge < -0.3 is 5.43 Å². The van der Waals surface area contributed by atoms with Crippen molar-refractivity contribution in [2.75, 3.05) is 17.7 Å². The van der Waals surface area contributed by atoms with Crippen LogP contribution in [0.2, 0.25) is 0 Å². The molecule has 2 heterocycles. The molecule has 88 valence electrons. The van der Waals surface area contributed by atoms with Crippen LogP contribution >= 0.6 is 11.8 Å². The number of nitrogens with zero attached hydrogens (tertiary/aromatic N) is 3. The fraction of sp³-hybridized carbons (Fsp3) is 0.273. The van der Waals surface area contributed by atoms with E-state index in [1.54, 1.807) is 23.9 Å². The van der Waals surface area contributed by atoms with Crippen LogP contribution in [-0.4, -0.2) is 27.2 Å². The van der Waals surface area contributed by atoms with E-state index in [0.29, 0.717) is 6.42 Å². The van der Waals surface area contributed by atoms with Gasteiger partial charge in [0, 0.05) is 18.7 Å². The highest BCUT2D eigenvalue weighted by molar-refractivity contribution is 7.99. The van der Waals surface area contributed by atoms with Crippen molar-refractivity contribution in [1.29, 1.82) is 0 Å². The Morgan fingerprint density at radius 3 is 2.94 bits per heavy atom. The smallest absolute Gasteiger partial charge is 0.210 e. The topological polar surface area (TPSA) is 42.7 Å². The molecule has 3 rings (SSSR count). The minimum absolute atomic E-state index is 0.217. The monoisotopic (exact) mass is 250 g/mol. The number of thioether (sulfide) groups is 1. The molecule has 0 amide bonds. The summed E-state index contributed by atoms with van der Waals surface area (Å²) in [5.74, 6) is 1.65. The molecule has 1 aliphatic rings. The standard InChI is InChI=1S/C11H11FN4S/c12-9-3-1-8(2-4-9)7-10-14-15-11-16(10)13-5-6-17-11/h1-4,13H,5-7H2. The maximum atomic E-state index is 12.8. The molecule has 1 aromatic heterocycles. The lowest BCUT2D eigenvalue weighted by Gasteiger charge is -2.16. The highest BCUT2D eigenvalue weighted by Crippen LogP contribution is 2.20. The van der Waals surface area contributed by atoms with Gasteiger partial charge in [-0.2, -0.15) is 0 Å². The van der Waals surface area contributed by atoms with Gasteiger partial charge in [-0.1, -0.05) is 23.9 Å².